The number of anilines is 1. The van der Waals surface area contributed by atoms with Crippen LogP contribution in [0.15, 0.2) is 6.33 Å². The highest BCUT2D eigenvalue weighted by atomic mass is 16.5. The highest BCUT2D eigenvalue weighted by Crippen LogP contribution is 1.99. The van der Waals surface area contributed by atoms with E-state index in [2.05, 4.69) is 25.5 Å². The van der Waals surface area contributed by atoms with Crippen molar-refractivity contribution in [3.63, 3.8) is 0 Å². The monoisotopic (exact) mass is 271 g/mol. The minimum Gasteiger partial charge on any atom is -0.480 e. The zero-order chi connectivity index (χ0) is 14.4. The van der Waals surface area contributed by atoms with Crippen LogP contribution in [0.3, 0.4) is 0 Å². The van der Waals surface area contributed by atoms with E-state index in [1.807, 2.05) is 0 Å². The van der Waals surface area contributed by atoms with Crippen LogP contribution in [-0.4, -0.2) is 51.0 Å². The lowest BCUT2D eigenvalue weighted by Gasteiger charge is -2.13. The van der Waals surface area contributed by atoms with Gasteiger partial charge in [-0.15, -0.1) is 0 Å². The molecule has 0 aromatic carbocycles. The normalized spacial score (nSPS) is 11.5. The third-order valence-electron chi connectivity index (χ3n) is 2.14. The van der Waals surface area contributed by atoms with Crippen LogP contribution >= 0.6 is 0 Å². The van der Waals surface area contributed by atoms with E-state index in [1.54, 1.807) is 7.05 Å². The van der Waals surface area contributed by atoms with Crippen LogP contribution in [0.25, 0.3) is 0 Å². The van der Waals surface area contributed by atoms with Crippen LogP contribution in [0, 0.1) is 0 Å². The van der Waals surface area contributed by atoms with Crippen molar-refractivity contribution in [3.05, 3.63) is 6.33 Å². The standard InChI is InChI=1S/C9H13N5O5/c1-14-8(10-4-11-14)13-9(18)12-5(7(16)17)3-6(15)19-2/h4-5H,3H2,1-2H3,(H,16,17)(H2,10,11,12,13,18)/t5-/m0/s1. The summed E-state index contributed by atoms with van der Waals surface area (Å²) in [5, 5.41) is 17.0. The SMILES string of the molecule is COC(=O)C[C@H](NC(=O)Nc1ncnn1C)C(=O)O. The Bertz CT molecular complexity index is 485. The van der Waals surface area contributed by atoms with Crippen molar-refractivity contribution in [2.45, 2.75) is 12.5 Å². The summed E-state index contributed by atoms with van der Waals surface area (Å²) in [6, 6.07) is -2.20. The van der Waals surface area contributed by atoms with Crippen molar-refractivity contribution in [3.8, 4) is 0 Å². The van der Waals surface area contributed by atoms with E-state index in [9.17, 15) is 14.4 Å². The predicted octanol–water partition coefficient (Wildman–Crippen LogP) is -1.05. The second kappa shape index (κ2) is 6.33. The average molecular weight is 271 g/mol. The van der Waals surface area contributed by atoms with Gasteiger partial charge in [0, 0.05) is 7.05 Å². The number of hydrogen-bond donors (Lipinski definition) is 3. The van der Waals surface area contributed by atoms with Crippen molar-refractivity contribution in [2.24, 2.45) is 7.05 Å². The highest BCUT2D eigenvalue weighted by molar-refractivity contribution is 5.92. The Kier molecular flexibility index (Phi) is 4.80. The van der Waals surface area contributed by atoms with Crippen LogP contribution in [-0.2, 0) is 21.4 Å². The molecule has 0 fully saturated rings. The summed E-state index contributed by atoms with van der Waals surface area (Å²) in [4.78, 5) is 37.1. The fourth-order valence-corrected chi connectivity index (χ4v) is 1.16. The highest BCUT2D eigenvalue weighted by Gasteiger charge is 2.24. The number of methoxy groups -OCH3 is 1. The first-order chi connectivity index (χ1) is 8.93. The molecule has 104 valence electrons. The first kappa shape index (κ1) is 14.4. The summed E-state index contributed by atoms with van der Waals surface area (Å²) in [5.41, 5.74) is 0. The van der Waals surface area contributed by atoms with Gasteiger partial charge < -0.3 is 15.2 Å². The van der Waals surface area contributed by atoms with Crippen molar-refractivity contribution < 1.29 is 24.2 Å². The van der Waals surface area contributed by atoms with E-state index in [1.165, 1.54) is 11.0 Å². The van der Waals surface area contributed by atoms with Crippen LogP contribution in [0.1, 0.15) is 6.42 Å². The molecule has 0 saturated carbocycles. The zero-order valence-corrected chi connectivity index (χ0v) is 10.3. The Morgan fingerprint density at radius 1 is 1.53 bits per heavy atom. The third-order valence-corrected chi connectivity index (χ3v) is 2.14. The van der Waals surface area contributed by atoms with Gasteiger partial charge in [-0.1, -0.05) is 0 Å². The van der Waals surface area contributed by atoms with Gasteiger partial charge in [-0.05, 0) is 0 Å². The van der Waals surface area contributed by atoms with E-state index in [0.29, 0.717) is 0 Å². The fraction of sp³-hybridized carbons (Fsp3) is 0.444. The summed E-state index contributed by atoms with van der Waals surface area (Å²) < 4.78 is 5.62. The van der Waals surface area contributed by atoms with E-state index in [-0.39, 0.29) is 5.95 Å². The number of aromatic nitrogens is 3. The Hall–Kier alpha value is -2.65. The lowest BCUT2D eigenvalue weighted by molar-refractivity contribution is -0.147. The maximum Gasteiger partial charge on any atom is 0.326 e. The van der Waals surface area contributed by atoms with Gasteiger partial charge in [0.2, 0.25) is 5.95 Å². The minimum atomic E-state index is -1.39. The molecule has 0 aliphatic rings. The molecule has 0 radical (unpaired) electrons. The summed E-state index contributed by atoms with van der Waals surface area (Å²) in [6.45, 7) is 0. The lowest BCUT2D eigenvalue weighted by atomic mass is 10.2. The molecule has 1 aromatic heterocycles. The quantitative estimate of drug-likeness (QED) is 0.581. The lowest BCUT2D eigenvalue weighted by Crippen LogP contribution is -2.44. The van der Waals surface area contributed by atoms with E-state index in [0.717, 1.165) is 7.11 Å². The van der Waals surface area contributed by atoms with E-state index in [4.69, 9.17) is 5.11 Å². The van der Waals surface area contributed by atoms with Gasteiger partial charge in [0.1, 0.15) is 12.4 Å². The van der Waals surface area contributed by atoms with Crippen molar-refractivity contribution in [1.82, 2.24) is 20.1 Å². The molecule has 1 heterocycles. The maximum atomic E-state index is 11.5. The second-order valence-electron chi connectivity index (χ2n) is 3.48. The minimum absolute atomic E-state index is 0.139. The van der Waals surface area contributed by atoms with Crippen LogP contribution < -0.4 is 10.6 Å². The molecular formula is C9H13N5O5. The number of esters is 1. The number of carboxylic acid groups (broad SMARTS) is 1. The third kappa shape index (κ3) is 4.26. The molecule has 0 bridgehead atoms. The summed E-state index contributed by atoms with van der Waals surface area (Å²) in [6.07, 6.45) is 0.747. The number of nitrogens with zero attached hydrogens (tertiary/aromatic N) is 3. The number of urea groups is 1. The van der Waals surface area contributed by atoms with E-state index < -0.39 is 30.4 Å². The van der Waals surface area contributed by atoms with Crippen LogP contribution in [0.5, 0.6) is 0 Å². The van der Waals surface area contributed by atoms with Crippen molar-refractivity contribution in [1.29, 1.82) is 0 Å². The van der Waals surface area contributed by atoms with Gasteiger partial charge in [0.15, 0.2) is 0 Å². The van der Waals surface area contributed by atoms with Gasteiger partial charge in [0.05, 0.1) is 13.5 Å². The van der Waals surface area contributed by atoms with Crippen molar-refractivity contribution >= 4 is 23.9 Å². The largest absolute Gasteiger partial charge is 0.480 e. The zero-order valence-electron chi connectivity index (χ0n) is 10.3. The molecule has 10 nitrogen and oxygen atoms in total. The topological polar surface area (TPSA) is 135 Å². The Balaban J connectivity index is 2.59. The molecule has 0 unspecified atom stereocenters. The molecule has 0 aliphatic heterocycles. The number of carbonyl (C=O) groups is 3. The maximum absolute atomic E-state index is 11.5. The molecule has 0 saturated heterocycles. The number of rotatable bonds is 5. The van der Waals surface area contributed by atoms with Gasteiger partial charge in [-0.3, -0.25) is 10.1 Å². The molecule has 1 atom stereocenters. The second-order valence-corrected chi connectivity index (χ2v) is 3.48. The number of ether oxygens (including phenoxy) is 1. The van der Waals surface area contributed by atoms with Crippen LogP contribution in [0.2, 0.25) is 0 Å². The van der Waals surface area contributed by atoms with Gasteiger partial charge in [-0.25, -0.2) is 14.3 Å². The first-order valence-corrected chi connectivity index (χ1v) is 5.15. The predicted molar refractivity (Wildman–Crippen MR) is 61.2 cm³/mol. The summed E-state index contributed by atoms with van der Waals surface area (Å²) in [5.74, 6) is -1.95. The molecule has 3 N–H and O–H groups in total. The molecule has 0 aliphatic carbocycles. The number of carbonyl (C=O) groups excluding carboxylic acids is 2. The van der Waals surface area contributed by atoms with Crippen molar-refractivity contribution in [2.75, 3.05) is 12.4 Å². The van der Waals surface area contributed by atoms with E-state index >= 15 is 0 Å². The number of carboxylic acids is 1. The molecule has 19 heavy (non-hydrogen) atoms. The number of aryl methyl sites for hydroxylation is 1. The summed E-state index contributed by atoms with van der Waals surface area (Å²) >= 11 is 0. The molecule has 2 amide bonds. The Labute approximate surface area is 107 Å². The molecule has 1 rings (SSSR count). The Morgan fingerprint density at radius 2 is 2.21 bits per heavy atom. The van der Waals surface area contributed by atoms with Gasteiger partial charge in [-0.2, -0.15) is 10.1 Å². The molecular weight excluding hydrogens is 258 g/mol. The molecule has 0 spiro atoms. The van der Waals surface area contributed by atoms with Crippen LogP contribution in [0.4, 0.5) is 10.7 Å². The average Bonchev–Trinajstić information content (AvgIpc) is 2.73. The number of hydrogen-bond acceptors (Lipinski definition) is 6. The first-order valence-electron chi connectivity index (χ1n) is 5.15. The Morgan fingerprint density at radius 3 is 2.68 bits per heavy atom. The number of aliphatic carboxylic acids is 1. The summed E-state index contributed by atoms with van der Waals surface area (Å²) in [7, 11) is 2.67. The smallest absolute Gasteiger partial charge is 0.326 e. The fourth-order valence-electron chi connectivity index (χ4n) is 1.16. The van der Waals surface area contributed by atoms with Gasteiger partial charge in [0.25, 0.3) is 0 Å². The molecule has 10 heteroatoms. The van der Waals surface area contributed by atoms with Gasteiger partial charge >= 0.3 is 18.0 Å². The molecule has 1 aromatic rings. The number of amides is 2. The number of nitrogens with one attached hydrogen (secondary N) is 2.